The van der Waals surface area contributed by atoms with E-state index in [0.29, 0.717) is 24.1 Å². The van der Waals surface area contributed by atoms with Gasteiger partial charge in [-0.2, -0.15) is 0 Å². The van der Waals surface area contributed by atoms with E-state index in [0.717, 1.165) is 18.4 Å². The zero-order chi connectivity index (χ0) is 14.9. The van der Waals surface area contributed by atoms with Gasteiger partial charge < -0.3 is 14.8 Å². The van der Waals surface area contributed by atoms with E-state index in [-0.39, 0.29) is 13.3 Å². The Morgan fingerprint density at radius 2 is 2.05 bits per heavy atom. The molecular weight excluding hydrogens is 292 g/mol. The molecule has 1 aliphatic carbocycles. The van der Waals surface area contributed by atoms with Gasteiger partial charge >= 0.3 is 0 Å². The summed E-state index contributed by atoms with van der Waals surface area (Å²) in [4.78, 5) is 0. The first kappa shape index (κ1) is 14.6. The first-order valence-electron chi connectivity index (χ1n) is 7.15. The van der Waals surface area contributed by atoms with Crippen molar-refractivity contribution in [3.63, 3.8) is 0 Å². The van der Waals surface area contributed by atoms with Gasteiger partial charge in [0, 0.05) is 19.1 Å². The second-order valence-electron chi connectivity index (χ2n) is 5.55. The Morgan fingerprint density at radius 3 is 2.81 bits per heavy atom. The van der Waals surface area contributed by atoms with Crippen LogP contribution < -0.4 is 19.5 Å². The Labute approximate surface area is 124 Å². The largest absolute Gasteiger partial charge is 0.454 e. The summed E-state index contributed by atoms with van der Waals surface area (Å²) in [5.41, 5.74) is 0.852. The van der Waals surface area contributed by atoms with Crippen molar-refractivity contribution >= 4 is 10.0 Å². The van der Waals surface area contributed by atoms with Crippen LogP contribution in [0.5, 0.6) is 11.5 Å². The van der Waals surface area contributed by atoms with Gasteiger partial charge in [0.05, 0.1) is 5.25 Å². The second-order valence-corrected chi connectivity index (χ2v) is 7.73. The lowest BCUT2D eigenvalue weighted by atomic mass is 10.2. The standard InChI is InChI=1S/C14H20N2O4S/c1-10(7-15-12-3-4-12)21(17,18)16-8-11-2-5-13-14(6-11)20-9-19-13/h2,5-6,10,12,15-16H,3-4,7-9H2,1H3. The predicted molar refractivity (Wildman–Crippen MR) is 78.8 cm³/mol. The van der Waals surface area contributed by atoms with Gasteiger partial charge in [-0.25, -0.2) is 13.1 Å². The number of hydrogen-bond acceptors (Lipinski definition) is 5. The highest BCUT2D eigenvalue weighted by molar-refractivity contribution is 7.90. The van der Waals surface area contributed by atoms with Gasteiger partial charge in [-0.3, -0.25) is 0 Å². The molecule has 2 N–H and O–H groups in total. The predicted octanol–water partition coefficient (Wildman–Crippen LogP) is 0.975. The SMILES string of the molecule is CC(CNC1CC1)S(=O)(=O)NCc1ccc2c(c1)OCO2. The van der Waals surface area contributed by atoms with Crippen molar-refractivity contribution in [2.75, 3.05) is 13.3 Å². The first-order chi connectivity index (χ1) is 10.0. The average Bonchev–Trinajstić information content (AvgIpc) is 3.18. The molecule has 0 aromatic heterocycles. The van der Waals surface area contributed by atoms with Crippen LogP contribution in [0.25, 0.3) is 0 Å². The molecule has 0 spiro atoms. The fraction of sp³-hybridized carbons (Fsp3) is 0.571. The molecule has 3 rings (SSSR count). The summed E-state index contributed by atoms with van der Waals surface area (Å²) < 4.78 is 37.5. The summed E-state index contributed by atoms with van der Waals surface area (Å²) in [5, 5.41) is 2.79. The molecule has 7 heteroatoms. The van der Waals surface area contributed by atoms with E-state index >= 15 is 0 Å². The lowest BCUT2D eigenvalue weighted by Gasteiger charge is -2.14. The van der Waals surface area contributed by atoms with Crippen LogP contribution in [0, 0.1) is 0 Å². The Morgan fingerprint density at radius 1 is 1.29 bits per heavy atom. The molecule has 1 fully saturated rings. The van der Waals surface area contributed by atoms with Crippen molar-refractivity contribution in [1.82, 2.24) is 10.0 Å². The molecule has 1 aliphatic heterocycles. The Bertz CT molecular complexity index is 613. The monoisotopic (exact) mass is 312 g/mol. The molecule has 0 saturated heterocycles. The minimum Gasteiger partial charge on any atom is -0.454 e. The summed E-state index contributed by atoms with van der Waals surface area (Å²) >= 11 is 0. The summed E-state index contributed by atoms with van der Waals surface area (Å²) in [6.07, 6.45) is 2.30. The number of nitrogens with one attached hydrogen (secondary N) is 2. The third-order valence-corrected chi connectivity index (χ3v) is 5.49. The van der Waals surface area contributed by atoms with E-state index in [9.17, 15) is 8.42 Å². The van der Waals surface area contributed by atoms with Gasteiger partial charge in [0.2, 0.25) is 16.8 Å². The molecule has 6 nitrogen and oxygen atoms in total. The molecule has 1 atom stereocenters. The highest BCUT2D eigenvalue weighted by atomic mass is 32.2. The molecule has 21 heavy (non-hydrogen) atoms. The van der Waals surface area contributed by atoms with Crippen molar-refractivity contribution in [3.05, 3.63) is 23.8 Å². The van der Waals surface area contributed by atoms with Gasteiger partial charge in [-0.15, -0.1) is 0 Å². The molecule has 2 aliphatic rings. The number of ether oxygens (including phenoxy) is 2. The smallest absolute Gasteiger partial charge is 0.231 e. The highest BCUT2D eigenvalue weighted by Crippen LogP contribution is 2.32. The number of benzene rings is 1. The molecule has 1 heterocycles. The third kappa shape index (κ3) is 3.66. The van der Waals surface area contributed by atoms with E-state index in [1.807, 2.05) is 6.07 Å². The number of rotatable bonds is 7. The van der Waals surface area contributed by atoms with Crippen LogP contribution in [-0.4, -0.2) is 33.0 Å². The molecular formula is C14H20N2O4S. The number of hydrogen-bond donors (Lipinski definition) is 2. The molecule has 1 aromatic rings. The fourth-order valence-corrected chi connectivity index (χ4v) is 3.07. The molecule has 0 bridgehead atoms. The van der Waals surface area contributed by atoms with Crippen LogP contribution in [0.2, 0.25) is 0 Å². The maximum absolute atomic E-state index is 12.2. The molecule has 0 radical (unpaired) electrons. The summed E-state index contributed by atoms with van der Waals surface area (Å²) in [6, 6.07) is 5.95. The maximum Gasteiger partial charge on any atom is 0.231 e. The van der Waals surface area contributed by atoms with Crippen LogP contribution in [0.15, 0.2) is 18.2 Å². The van der Waals surface area contributed by atoms with Crippen molar-refractivity contribution in [3.8, 4) is 11.5 Å². The Balaban J connectivity index is 1.55. The van der Waals surface area contributed by atoms with E-state index < -0.39 is 15.3 Å². The van der Waals surface area contributed by atoms with E-state index in [1.54, 1.807) is 19.1 Å². The molecule has 116 valence electrons. The van der Waals surface area contributed by atoms with Crippen LogP contribution in [0.1, 0.15) is 25.3 Å². The zero-order valence-electron chi connectivity index (χ0n) is 12.0. The quantitative estimate of drug-likeness (QED) is 0.785. The highest BCUT2D eigenvalue weighted by Gasteiger charge is 2.25. The topological polar surface area (TPSA) is 76.7 Å². The van der Waals surface area contributed by atoms with Crippen molar-refractivity contribution in [2.45, 2.75) is 37.6 Å². The summed E-state index contributed by atoms with van der Waals surface area (Å²) in [7, 11) is -3.33. The van der Waals surface area contributed by atoms with Crippen LogP contribution in [0.4, 0.5) is 0 Å². The normalized spacial score (nSPS) is 18.7. The van der Waals surface area contributed by atoms with Crippen molar-refractivity contribution in [2.24, 2.45) is 0 Å². The lowest BCUT2D eigenvalue weighted by Crippen LogP contribution is -2.39. The van der Waals surface area contributed by atoms with E-state index in [2.05, 4.69) is 10.0 Å². The molecule has 1 unspecified atom stereocenters. The Kier molecular flexibility index (Phi) is 4.05. The van der Waals surface area contributed by atoms with E-state index in [4.69, 9.17) is 9.47 Å². The second kappa shape index (κ2) is 5.82. The first-order valence-corrected chi connectivity index (χ1v) is 8.69. The molecule has 1 aromatic carbocycles. The van der Waals surface area contributed by atoms with Gasteiger partial charge in [0.1, 0.15) is 0 Å². The molecule has 1 saturated carbocycles. The fourth-order valence-electron chi connectivity index (χ4n) is 2.11. The zero-order valence-corrected chi connectivity index (χ0v) is 12.8. The van der Waals surface area contributed by atoms with Crippen LogP contribution in [-0.2, 0) is 16.6 Å². The van der Waals surface area contributed by atoms with Gasteiger partial charge in [0.25, 0.3) is 0 Å². The van der Waals surface area contributed by atoms with Gasteiger partial charge in [-0.05, 0) is 37.5 Å². The average molecular weight is 312 g/mol. The van der Waals surface area contributed by atoms with Crippen LogP contribution in [0.3, 0.4) is 0 Å². The third-order valence-electron chi connectivity index (χ3n) is 3.72. The summed E-state index contributed by atoms with van der Waals surface area (Å²) in [6.45, 7) is 2.68. The minimum atomic E-state index is -3.33. The number of fused-ring (bicyclic) bond motifs is 1. The summed E-state index contributed by atoms with van der Waals surface area (Å²) in [5.74, 6) is 1.36. The minimum absolute atomic E-state index is 0.217. The van der Waals surface area contributed by atoms with Gasteiger partial charge in [0.15, 0.2) is 11.5 Å². The van der Waals surface area contributed by atoms with Crippen molar-refractivity contribution < 1.29 is 17.9 Å². The lowest BCUT2D eigenvalue weighted by molar-refractivity contribution is 0.174. The Hall–Kier alpha value is -1.31. The van der Waals surface area contributed by atoms with Gasteiger partial charge in [-0.1, -0.05) is 6.07 Å². The molecule has 0 amide bonds. The number of sulfonamides is 1. The van der Waals surface area contributed by atoms with E-state index in [1.165, 1.54) is 0 Å². The van der Waals surface area contributed by atoms with Crippen LogP contribution >= 0.6 is 0 Å². The van der Waals surface area contributed by atoms with Crippen molar-refractivity contribution in [1.29, 1.82) is 0 Å². The maximum atomic E-state index is 12.2.